The van der Waals surface area contributed by atoms with Crippen LogP contribution in [-0.2, 0) is 0 Å². The molecule has 0 aliphatic rings. The van der Waals surface area contributed by atoms with Crippen molar-refractivity contribution in [3.63, 3.8) is 0 Å². The van der Waals surface area contributed by atoms with Crippen LogP contribution in [0.2, 0.25) is 0 Å². The Hall–Kier alpha value is -8.65. The van der Waals surface area contributed by atoms with E-state index in [9.17, 15) is 5.26 Å². The number of hydrogen-bond donors (Lipinski definition) is 0. The van der Waals surface area contributed by atoms with Gasteiger partial charge in [0.15, 0.2) is 0 Å². The van der Waals surface area contributed by atoms with E-state index in [0.717, 1.165) is 94.6 Å². The van der Waals surface area contributed by atoms with E-state index in [-0.39, 0.29) is 0 Å². The molecule has 1 heterocycles. The number of anilines is 6. The normalized spacial score (nSPS) is 10.9. The van der Waals surface area contributed by atoms with E-state index in [4.69, 9.17) is 0 Å². The van der Waals surface area contributed by atoms with Crippen molar-refractivity contribution < 1.29 is 0 Å². The van der Waals surface area contributed by atoms with Gasteiger partial charge in [-0.3, -0.25) is 0 Å². The quantitative estimate of drug-likeness (QED) is 0.145. The number of aromatic nitrogens is 1. The van der Waals surface area contributed by atoms with Gasteiger partial charge in [0.2, 0.25) is 0 Å². The fraction of sp³-hybridized carbons (Fsp3) is 0.0328. The number of nitrogens with zero attached hydrogens (tertiary/aromatic N) is 4. The van der Waals surface area contributed by atoms with Crippen molar-refractivity contribution in [3.8, 4) is 34.0 Å². The minimum Gasteiger partial charge on any atom is -0.310 e. The highest BCUT2D eigenvalue weighted by molar-refractivity contribution is 6.12. The lowest BCUT2D eigenvalue weighted by molar-refractivity contribution is 1.18. The first-order valence-electron chi connectivity index (χ1n) is 22.2. The van der Waals surface area contributed by atoms with Gasteiger partial charge in [-0.2, -0.15) is 5.26 Å². The van der Waals surface area contributed by atoms with Crippen LogP contribution in [0.25, 0.3) is 60.5 Å². The number of rotatable bonds is 9. The largest absolute Gasteiger partial charge is 0.310 e. The highest BCUT2D eigenvalue weighted by Gasteiger charge is 2.22. The smallest absolute Gasteiger partial charge is 0.0998 e. The number of fused-ring (bicyclic) bond motifs is 4. The Morgan fingerprint density at radius 2 is 0.831 bits per heavy atom. The zero-order chi connectivity index (χ0) is 44.1. The summed E-state index contributed by atoms with van der Waals surface area (Å²) in [5.41, 5.74) is 14.5. The summed E-state index contributed by atoms with van der Waals surface area (Å²) in [7, 11) is 0. The van der Waals surface area contributed by atoms with E-state index < -0.39 is 0 Å². The number of benzene rings is 10. The molecule has 1 aromatic heterocycles. The van der Waals surface area contributed by atoms with Crippen LogP contribution in [0.3, 0.4) is 0 Å². The Morgan fingerprint density at radius 1 is 0.369 bits per heavy atom. The molecule has 10 aromatic carbocycles. The second kappa shape index (κ2) is 18.0. The third kappa shape index (κ3) is 7.56. The lowest BCUT2D eigenvalue weighted by atomic mass is 9.91. The molecule has 310 valence electrons. The van der Waals surface area contributed by atoms with Crippen LogP contribution < -0.4 is 9.80 Å². The molecule has 0 bridgehead atoms. The Kier molecular flexibility index (Phi) is 11.2. The maximum absolute atomic E-state index is 10.3. The van der Waals surface area contributed by atoms with Crippen molar-refractivity contribution in [2.45, 2.75) is 13.8 Å². The Morgan fingerprint density at radius 3 is 1.35 bits per heavy atom. The van der Waals surface area contributed by atoms with Gasteiger partial charge in [0.25, 0.3) is 0 Å². The number of nitriles is 1. The summed E-state index contributed by atoms with van der Waals surface area (Å²) < 4.78 is 2.42. The highest BCUT2D eigenvalue weighted by Crippen LogP contribution is 2.44. The van der Waals surface area contributed by atoms with Gasteiger partial charge in [-0.05, 0) is 125 Å². The zero-order valence-corrected chi connectivity index (χ0v) is 36.4. The molecule has 0 amide bonds. The van der Waals surface area contributed by atoms with Gasteiger partial charge >= 0.3 is 0 Å². The van der Waals surface area contributed by atoms with Crippen LogP contribution in [0.15, 0.2) is 243 Å². The number of hydrogen-bond acceptors (Lipinski definition) is 3. The minimum atomic E-state index is 0.660. The van der Waals surface area contributed by atoms with Crippen LogP contribution in [0.4, 0.5) is 34.1 Å². The molecule has 0 N–H and O–H groups in total. The lowest BCUT2D eigenvalue weighted by Gasteiger charge is -2.26. The second-order valence-electron chi connectivity index (χ2n) is 15.7. The second-order valence-corrected chi connectivity index (χ2v) is 15.7. The predicted octanol–water partition coefficient (Wildman–Crippen LogP) is 17.1. The first-order chi connectivity index (χ1) is 32.2. The van der Waals surface area contributed by atoms with Crippen LogP contribution in [-0.4, -0.2) is 4.57 Å². The maximum Gasteiger partial charge on any atom is 0.0998 e. The van der Waals surface area contributed by atoms with E-state index in [0.29, 0.717) is 5.56 Å². The van der Waals surface area contributed by atoms with Crippen molar-refractivity contribution in [1.82, 2.24) is 4.57 Å². The molecular formula is C61H46N4. The van der Waals surface area contributed by atoms with Crippen molar-refractivity contribution in [3.05, 3.63) is 248 Å². The van der Waals surface area contributed by atoms with Gasteiger partial charge in [-0.1, -0.05) is 153 Å². The van der Waals surface area contributed by atoms with Gasteiger partial charge < -0.3 is 14.4 Å². The van der Waals surface area contributed by atoms with Gasteiger partial charge in [-0.25, -0.2) is 0 Å². The number of para-hydroxylation sites is 5. The SMILES string of the molecule is CC.N#Cc1ccc2ccccc2c1-c1cccc(-c2ccccc2-n2c3ccc(N(c4ccccc4)c4ccccc4)cc3c3cc(N(c4ccccc4)c4ccccc4)ccc32)c1. The topological polar surface area (TPSA) is 35.2 Å². The molecule has 11 aromatic rings. The molecule has 0 spiro atoms. The molecule has 0 fully saturated rings. The summed E-state index contributed by atoms with van der Waals surface area (Å²) >= 11 is 0. The van der Waals surface area contributed by atoms with Gasteiger partial charge in [0, 0.05) is 56.0 Å². The van der Waals surface area contributed by atoms with Crippen molar-refractivity contribution in [2.75, 3.05) is 9.80 Å². The standard InChI is InChI=1S/C59H40N4.C2H6/c60-41-45-33-32-42-18-13-14-30-53(42)59(45)44-20-17-19-43(38-44)52-29-15-16-31-56(52)63-57-36-34-50(61(46-21-5-1-6-22-46)47-23-7-2-8-24-47)39-54(57)55-40-51(35-37-58(55)63)62(48-25-9-3-10-26-48)49-27-11-4-12-28-49;1-2/h1-40H;1-2H3. The first kappa shape index (κ1) is 40.4. The molecule has 4 heteroatoms. The van der Waals surface area contributed by atoms with Crippen LogP contribution in [0.1, 0.15) is 19.4 Å². The maximum atomic E-state index is 10.3. The molecule has 0 radical (unpaired) electrons. The molecule has 0 unspecified atom stereocenters. The summed E-state index contributed by atoms with van der Waals surface area (Å²) in [6.45, 7) is 4.00. The molecule has 0 saturated heterocycles. The van der Waals surface area contributed by atoms with Crippen molar-refractivity contribution >= 4 is 66.7 Å². The monoisotopic (exact) mass is 834 g/mol. The van der Waals surface area contributed by atoms with E-state index in [1.165, 1.54) is 0 Å². The molecule has 0 aliphatic heterocycles. The Labute approximate surface area is 380 Å². The van der Waals surface area contributed by atoms with Crippen LogP contribution >= 0.6 is 0 Å². The summed E-state index contributed by atoms with van der Waals surface area (Å²) in [6, 6.07) is 88.1. The predicted molar refractivity (Wildman–Crippen MR) is 275 cm³/mol. The highest BCUT2D eigenvalue weighted by atomic mass is 15.1. The van der Waals surface area contributed by atoms with Gasteiger partial charge in [0.1, 0.15) is 0 Å². The molecule has 0 aliphatic carbocycles. The van der Waals surface area contributed by atoms with E-state index in [1.807, 2.05) is 38.1 Å². The first-order valence-corrected chi connectivity index (χ1v) is 22.2. The lowest BCUT2D eigenvalue weighted by Crippen LogP contribution is -2.09. The van der Waals surface area contributed by atoms with Crippen molar-refractivity contribution in [2.24, 2.45) is 0 Å². The van der Waals surface area contributed by atoms with Gasteiger partial charge in [0.05, 0.1) is 28.4 Å². The summed E-state index contributed by atoms with van der Waals surface area (Å²) in [6.07, 6.45) is 0. The average molecular weight is 835 g/mol. The Balaban J connectivity index is 0.00000246. The zero-order valence-electron chi connectivity index (χ0n) is 36.4. The third-order valence-corrected chi connectivity index (χ3v) is 12.0. The van der Waals surface area contributed by atoms with Crippen molar-refractivity contribution in [1.29, 1.82) is 5.26 Å². The summed E-state index contributed by atoms with van der Waals surface area (Å²) in [4.78, 5) is 4.66. The molecule has 4 nitrogen and oxygen atoms in total. The molecule has 11 rings (SSSR count). The molecule has 0 saturated carbocycles. The van der Waals surface area contributed by atoms with E-state index in [1.54, 1.807) is 0 Å². The van der Waals surface area contributed by atoms with Crippen LogP contribution in [0.5, 0.6) is 0 Å². The van der Waals surface area contributed by atoms with E-state index >= 15 is 0 Å². The average Bonchev–Trinajstić information content (AvgIpc) is 3.71. The molecule has 0 atom stereocenters. The molecule has 65 heavy (non-hydrogen) atoms. The Bertz CT molecular complexity index is 3240. The molecular weight excluding hydrogens is 789 g/mol. The summed E-state index contributed by atoms with van der Waals surface area (Å²) in [5.74, 6) is 0. The third-order valence-electron chi connectivity index (χ3n) is 12.0. The van der Waals surface area contributed by atoms with Crippen LogP contribution in [0, 0.1) is 11.3 Å². The van der Waals surface area contributed by atoms with Gasteiger partial charge in [-0.15, -0.1) is 0 Å². The fourth-order valence-electron chi connectivity index (χ4n) is 9.17. The summed E-state index contributed by atoms with van der Waals surface area (Å²) in [5, 5.41) is 14.8. The minimum absolute atomic E-state index is 0.660. The fourth-order valence-corrected chi connectivity index (χ4v) is 9.17. The van der Waals surface area contributed by atoms with E-state index in [2.05, 4.69) is 239 Å².